The molecule has 0 aromatic carbocycles. The van der Waals surface area contributed by atoms with E-state index in [4.69, 9.17) is 14.2 Å². The Morgan fingerprint density at radius 1 is 0.640 bits per heavy atom. The van der Waals surface area contributed by atoms with Crippen molar-refractivity contribution in [2.24, 2.45) is 23.7 Å². The third-order valence-electron chi connectivity index (χ3n) is 5.04. The zero-order chi connectivity index (χ0) is 18.4. The molecule has 2 saturated carbocycles. The molecule has 0 aromatic rings. The molecular formula is C18H26O7. The first-order valence-corrected chi connectivity index (χ1v) is 8.80. The van der Waals surface area contributed by atoms with Crippen molar-refractivity contribution >= 4 is 23.5 Å². The van der Waals surface area contributed by atoms with Gasteiger partial charge < -0.3 is 14.2 Å². The Balaban J connectivity index is 1.41. The van der Waals surface area contributed by atoms with Gasteiger partial charge in [-0.15, -0.1) is 0 Å². The first kappa shape index (κ1) is 19.6. The van der Waals surface area contributed by atoms with Crippen molar-refractivity contribution < 1.29 is 33.4 Å². The van der Waals surface area contributed by atoms with Gasteiger partial charge in [-0.05, 0) is 39.5 Å². The van der Waals surface area contributed by atoms with Gasteiger partial charge in [-0.1, -0.05) is 0 Å². The molecule has 0 heterocycles. The SMILES string of the molecule is CC(=O)[C@H]1C[C@@H](C(=O)OCCOCCOC(=O)[C@H]2C[C@@H](C(C)=O)C2)C1. The Morgan fingerprint density at radius 3 is 1.32 bits per heavy atom. The van der Waals surface area contributed by atoms with Crippen LogP contribution in [-0.4, -0.2) is 49.9 Å². The molecule has 0 atom stereocenters. The lowest BCUT2D eigenvalue weighted by Gasteiger charge is -2.31. The van der Waals surface area contributed by atoms with Crippen molar-refractivity contribution in [1.29, 1.82) is 0 Å². The molecule has 0 N–H and O–H groups in total. The summed E-state index contributed by atoms with van der Waals surface area (Å²) in [6.45, 7) is 3.86. The third-order valence-corrected chi connectivity index (χ3v) is 5.04. The van der Waals surface area contributed by atoms with Gasteiger partial charge in [-0.25, -0.2) is 0 Å². The van der Waals surface area contributed by atoms with Crippen LogP contribution in [0.2, 0.25) is 0 Å². The van der Waals surface area contributed by atoms with Crippen LogP contribution in [0.1, 0.15) is 39.5 Å². The Kier molecular flexibility index (Phi) is 7.11. The van der Waals surface area contributed by atoms with Gasteiger partial charge in [0.2, 0.25) is 0 Å². The summed E-state index contributed by atoms with van der Waals surface area (Å²) in [6.07, 6.45) is 2.32. The molecular weight excluding hydrogens is 328 g/mol. The molecule has 25 heavy (non-hydrogen) atoms. The zero-order valence-corrected chi connectivity index (χ0v) is 14.8. The summed E-state index contributed by atoms with van der Waals surface area (Å²) in [7, 11) is 0. The second kappa shape index (κ2) is 9.08. The minimum atomic E-state index is -0.280. The maximum absolute atomic E-state index is 11.7. The first-order chi connectivity index (χ1) is 11.9. The fourth-order valence-electron chi connectivity index (χ4n) is 3.02. The van der Waals surface area contributed by atoms with Crippen LogP contribution in [0, 0.1) is 23.7 Å². The molecule has 0 aromatic heterocycles. The molecule has 2 aliphatic rings. The van der Waals surface area contributed by atoms with Gasteiger partial charge in [0, 0.05) is 11.8 Å². The predicted octanol–water partition coefficient (Wildman–Crippen LogP) is 1.32. The van der Waals surface area contributed by atoms with Gasteiger partial charge in [0.1, 0.15) is 24.8 Å². The number of carbonyl (C=O) groups is 4. The van der Waals surface area contributed by atoms with Gasteiger partial charge in [-0.3, -0.25) is 19.2 Å². The summed E-state index contributed by atoms with van der Waals surface area (Å²) in [6, 6.07) is 0. The molecule has 2 rings (SSSR count). The number of Topliss-reactive ketones (excluding diaryl/α,β-unsaturated/α-hetero) is 2. The first-order valence-electron chi connectivity index (χ1n) is 8.80. The number of hydrogen-bond donors (Lipinski definition) is 0. The monoisotopic (exact) mass is 354 g/mol. The number of hydrogen-bond acceptors (Lipinski definition) is 7. The van der Waals surface area contributed by atoms with Crippen molar-refractivity contribution in [3.8, 4) is 0 Å². The van der Waals surface area contributed by atoms with Gasteiger partial charge in [0.05, 0.1) is 25.0 Å². The summed E-state index contributed by atoms with van der Waals surface area (Å²) in [5, 5.41) is 0. The number of rotatable bonds is 10. The van der Waals surface area contributed by atoms with Gasteiger partial charge in [0.15, 0.2) is 0 Å². The number of ether oxygens (including phenoxy) is 3. The topological polar surface area (TPSA) is 96.0 Å². The molecule has 0 amide bonds. The van der Waals surface area contributed by atoms with Crippen LogP contribution in [0.5, 0.6) is 0 Å². The Hall–Kier alpha value is -1.76. The van der Waals surface area contributed by atoms with E-state index in [-0.39, 0.29) is 73.6 Å². The van der Waals surface area contributed by atoms with Gasteiger partial charge >= 0.3 is 11.9 Å². The summed E-state index contributed by atoms with van der Waals surface area (Å²) < 4.78 is 15.4. The molecule has 7 heteroatoms. The molecule has 0 bridgehead atoms. The molecule has 0 aliphatic heterocycles. The normalized spacial score (nSPS) is 27.6. The molecule has 2 fully saturated rings. The maximum Gasteiger partial charge on any atom is 0.309 e. The van der Waals surface area contributed by atoms with E-state index in [9.17, 15) is 19.2 Å². The molecule has 0 unspecified atom stereocenters. The maximum atomic E-state index is 11.7. The predicted molar refractivity (Wildman–Crippen MR) is 86.5 cm³/mol. The van der Waals surface area contributed by atoms with E-state index in [1.807, 2.05) is 0 Å². The zero-order valence-electron chi connectivity index (χ0n) is 14.8. The highest BCUT2D eigenvalue weighted by molar-refractivity contribution is 5.83. The van der Waals surface area contributed by atoms with Crippen molar-refractivity contribution in [2.45, 2.75) is 39.5 Å². The molecule has 0 saturated heterocycles. The average Bonchev–Trinajstić information content (AvgIpc) is 2.42. The van der Waals surface area contributed by atoms with Crippen LogP contribution >= 0.6 is 0 Å². The Morgan fingerprint density at radius 2 is 1.00 bits per heavy atom. The van der Waals surface area contributed by atoms with E-state index in [0.29, 0.717) is 25.7 Å². The minimum absolute atomic E-state index is 0.00452. The van der Waals surface area contributed by atoms with Crippen LogP contribution in [0.4, 0.5) is 0 Å². The molecule has 7 nitrogen and oxygen atoms in total. The Bertz CT molecular complexity index is 470. The quantitative estimate of drug-likeness (QED) is 0.431. The van der Waals surface area contributed by atoms with Crippen LogP contribution in [0.3, 0.4) is 0 Å². The molecule has 0 spiro atoms. The smallest absolute Gasteiger partial charge is 0.309 e. The van der Waals surface area contributed by atoms with Crippen LogP contribution in [0.15, 0.2) is 0 Å². The van der Waals surface area contributed by atoms with E-state index < -0.39 is 0 Å². The molecule has 0 radical (unpaired) electrons. The van der Waals surface area contributed by atoms with Crippen LogP contribution in [-0.2, 0) is 33.4 Å². The highest BCUT2D eigenvalue weighted by Gasteiger charge is 2.38. The highest BCUT2D eigenvalue weighted by Crippen LogP contribution is 2.35. The van der Waals surface area contributed by atoms with Crippen molar-refractivity contribution in [2.75, 3.05) is 26.4 Å². The molecule has 140 valence electrons. The number of esters is 2. The summed E-state index contributed by atoms with van der Waals surface area (Å²) in [4.78, 5) is 45.5. The van der Waals surface area contributed by atoms with Gasteiger partial charge in [-0.2, -0.15) is 0 Å². The van der Waals surface area contributed by atoms with Crippen molar-refractivity contribution in [3.05, 3.63) is 0 Å². The Labute approximate surface area is 147 Å². The standard InChI is InChI=1S/C18H26O7/c1-11(19)13-7-15(8-13)17(21)24-5-3-23-4-6-25-18(22)16-9-14(10-16)12(2)20/h13-16H,3-10H2,1-2H3/t13-,14-,15+,16+. The second-order valence-electron chi connectivity index (χ2n) is 6.90. The number of carbonyl (C=O) groups excluding carboxylic acids is 4. The second-order valence-corrected chi connectivity index (χ2v) is 6.90. The minimum Gasteiger partial charge on any atom is -0.463 e. The van der Waals surface area contributed by atoms with Gasteiger partial charge in [0.25, 0.3) is 0 Å². The summed E-state index contributed by atoms with van der Waals surface area (Å²) in [5.41, 5.74) is 0. The highest BCUT2D eigenvalue weighted by atomic mass is 16.6. The van der Waals surface area contributed by atoms with Crippen molar-refractivity contribution in [1.82, 2.24) is 0 Å². The van der Waals surface area contributed by atoms with E-state index in [2.05, 4.69) is 0 Å². The van der Waals surface area contributed by atoms with Crippen molar-refractivity contribution in [3.63, 3.8) is 0 Å². The summed E-state index contributed by atoms with van der Waals surface area (Å²) in [5.74, 6) is -0.640. The summed E-state index contributed by atoms with van der Waals surface area (Å²) >= 11 is 0. The van der Waals surface area contributed by atoms with E-state index in [0.717, 1.165) is 0 Å². The lowest BCUT2D eigenvalue weighted by atomic mass is 9.73. The fraction of sp³-hybridized carbons (Fsp3) is 0.778. The lowest BCUT2D eigenvalue weighted by Crippen LogP contribution is -2.36. The van der Waals surface area contributed by atoms with E-state index in [1.54, 1.807) is 13.8 Å². The number of ketones is 2. The fourth-order valence-corrected chi connectivity index (χ4v) is 3.02. The van der Waals surface area contributed by atoms with E-state index in [1.165, 1.54) is 0 Å². The van der Waals surface area contributed by atoms with E-state index >= 15 is 0 Å². The average molecular weight is 354 g/mol. The largest absolute Gasteiger partial charge is 0.463 e. The lowest BCUT2D eigenvalue weighted by molar-refractivity contribution is -0.156. The third kappa shape index (κ3) is 5.63. The molecule has 2 aliphatic carbocycles. The van der Waals surface area contributed by atoms with Crippen LogP contribution < -0.4 is 0 Å². The van der Waals surface area contributed by atoms with Crippen LogP contribution in [0.25, 0.3) is 0 Å².